The fourth-order valence-corrected chi connectivity index (χ4v) is 1.49. The van der Waals surface area contributed by atoms with Crippen molar-refractivity contribution in [1.82, 2.24) is 10.3 Å². The van der Waals surface area contributed by atoms with Gasteiger partial charge >= 0.3 is 6.09 Å². The highest BCUT2D eigenvalue weighted by atomic mass is 35.5. The van der Waals surface area contributed by atoms with Gasteiger partial charge in [0.15, 0.2) is 11.0 Å². The lowest BCUT2D eigenvalue weighted by molar-refractivity contribution is 0.0507. The summed E-state index contributed by atoms with van der Waals surface area (Å²) in [5.74, 6) is -0.636. The zero-order valence-corrected chi connectivity index (χ0v) is 11.5. The molecule has 6 heteroatoms. The molecule has 18 heavy (non-hydrogen) atoms. The van der Waals surface area contributed by atoms with Gasteiger partial charge in [-0.05, 0) is 33.8 Å². The van der Waals surface area contributed by atoms with Gasteiger partial charge in [0.25, 0.3) is 0 Å². The molecule has 0 fully saturated rings. The van der Waals surface area contributed by atoms with Gasteiger partial charge in [0.05, 0.1) is 6.04 Å². The molecule has 1 unspecified atom stereocenters. The molecule has 1 N–H and O–H groups in total. The second-order valence-electron chi connectivity index (χ2n) is 4.87. The number of halogens is 2. The Labute approximate surface area is 110 Å². The Morgan fingerprint density at radius 1 is 1.56 bits per heavy atom. The lowest BCUT2D eigenvalue weighted by atomic mass is 10.1. The summed E-state index contributed by atoms with van der Waals surface area (Å²) in [5, 5.41) is 2.32. The van der Waals surface area contributed by atoms with E-state index < -0.39 is 23.6 Å². The SMILES string of the molecule is CC(NC(=O)OC(C)(C)C)c1ccnc(Cl)c1F. The van der Waals surface area contributed by atoms with Crippen molar-refractivity contribution in [3.8, 4) is 0 Å². The molecule has 1 aromatic rings. The molecule has 100 valence electrons. The molecular formula is C12H16ClFN2O2. The molecule has 0 aliphatic rings. The number of nitrogens with one attached hydrogen (secondary N) is 1. The summed E-state index contributed by atoms with van der Waals surface area (Å²) in [6.07, 6.45) is 0.774. The second-order valence-corrected chi connectivity index (χ2v) is 5.23. The van der Waals surface area contributed by atoms with E-state index in [2.05, 4.69) is 10.3 Å². The molecule has 0 radical (unpaired) electrons. The number of hydrogen-bond donors (Lipinski definition) is 1. The van der Waals surface area contributed by atoms with E-state index in [1.54, 1.807) is 27.7 Å². The molecule has 4 nitrogen and oxygen atoms in total. The first-order chi connectivity index (χ1) is 8.20. The molecule has 1 aromatic heterocycles. The van der Waals surface area contributed by atoms with Crippen LogP contribution < -0.4 is 5.32 Å². The van der Waals surface area contributed by atoms with E-state index in [1.165, 1.54) is 12.3 Å². The third-order valence-corrected chi connectivity index (χ3v) is 2.34. The van der Waals surface area contributed by atoms with Crippen LogP contribution in [0.4, 0.5) is 9.18 Å². The molecule has 0 saturated carbocycles. The summed E-state index contributed by atoms with van der Waals surface area (Å²) in [4.78, 5) is 15.1. The van der Waals surface area contributed by atoms with Crippen LogP contribution in [0.3, 0.4) is 0 Å². The van der Waals surface area contributed by atoms with Gasteiger partial charge in [0.1, 0.15) is 5.60 Å². The van der Waals surface area contributed by atoms with Crippen LogP contribution in [0.2, 0.25) is 5.15 Å². The molecule has 0 spiro atoms. The second kappa shape index (κ2) is 5.52. The van der Waals surface area contributed by atoms with Gasteiger partial charge in [-0.3, -0.25) is 0 Å². The Bertz CT molecular complexity index is 446. The van der Waals surface area contributed by atoms with Crippen LogP contribution in [0.5, 0.6) is 0 Å². The highest BCUT2D eigenvalue weighted by Gasteiger charge is 2.20. The van der Waals surface area contributed by atoms with Crippen molar-refractivity contribution < 1.29 is 13.9 Å². The molecule has 0 bridgehead atoms. The summed E-state index contributed by atoms with van der Waals surface area (Å²) < 4.78 is 18.7. The number of amides is 1. The first-order valence-electron chi connectivity index (χ1n) is 5.50. The Kier molecular flexibility index (Phi) is 4.51. The molecular weight excluding hydrogens is 259 g/mol. The molecule has 0 aliphatic heterocycles. The van der Waals surface area contributed by atoms with E-state index in [-0.39, 0.29) is 10.7 Å². The van der Waals surface area contributed by atoms with E-state index >= 15 is 0 Å². The maximum atomic E-state index is 13.7. The topological polar surface area (TPSA) is 51.2 Å². The lowest BCUT2D eigenvalue weighted by Gasteiger charge is -2.22. The Balaban J connectivity index is 2.74. The minimum atomic E-state index is -0.636. The fourth-order valence-electron chi connectivity index (χ4n) is 1.33. The first kappa shape index (κ1) is 14.7. The number of nitrogens with zero attached hydrogens (tertiary/aromatic N) is 1. The van der Waals surface area contributed by atoms with Gasteiger partial charge in [0, 0.05) is 11.8 Å². The molecule has 1 rings (SSSR count). The largest absolute Gasteiger partial charge is 0.444 e. The molecule has 0 aliphatic carbocycles. The van der Waals surface area contributed by atoms with Crippen LogP contribution >= 0.6 is 11.6 Å². The minimum Gasteiger partial charge on any atom is -0.444 e. The molecule has 1 heterocycles. The van der Waals surface area contributed by atoms with Crippen LogP contribution in [0.1, 0.15) is 39.3 Å². The normalized spacial score (nSPS) is 13.0. The third-order valence-electron chi connectivity index (χ3n) is 2.08. The van der Waals surface area contributed by atoms with Crippen molar-refractivity contribution in [3.05, 3.63) is 28.8 Å². The van der Waals surface area contributed by atoms with E-state index in [4.69, 9.17) is 16.3 Å². The third kappa shape index (κ3) is 4.14. The predicted molar refractivity (Wildman–Crippen MR) is 67.0 cm³/mol. The maximum Gasteiger partial charge on any atom is 0.408 e. The maximum absolute atomic E-state index is 13.7. The molecule has 1 atom stereocenters. The van der Waals surface area contributed by atoms with Crippen LogP contribution in [0, 0.1) is 5.82 Å². The molecule has 0 aromatic carbocycles. The van der Waals surface area contributed by atoms with Crippen molar-refractivity contribution in [2.45, 2.75) is 39.3 Å². The van der Waals surface area contributed by atoms with Gasteiger partial charge < -0.3 is 10.1 Å². The number of alkyl carbamates (subject to hydrolysis) is 1. The van der Waals surface area contributed by atoms with Crippen LogP contribution in [0.15, 0.2) is 12.3 Å². The van der Waals surface area contributed by atoms with Crippen LogP contribution in [-0.2, 0) is 4.74 Å². The Morgan fingerprint density at radius 3 is 2.72 bits per heavy atom. The minimum absolute atomic E-state index is 0.217. The van der Waals surface area contributed by atoms with Crippen molar-refractivity contribution in [1.29, 1.82) is 0 Å². The molecule has 0 saturated heterocycles. The summed E-state index contributed by atoms with van der Waals surface area (Å²) >= 11 is 5.57. The Morgan fingerprint density at radius 2 is 2.17 bits per heavy atom. The van der Waals surface area contributed by atoms with Crippen molar-refractivity contribution >= 4 is 17.7 Å². The van der Waals surface area contributed by atoms with Crippen molar-refractivity contribution in [3.63, 3.8) is 0 Å². The number of rotatable bonds is 2. The van der Waals surface area contributed by atoms with Crippen molar-refractivity contribution in [2.24, 2.45) is 0 Å². The van der Waals surface area contributed by atoms with Crippen LogP contribution in [0.25, 0.3) is 0 Å². The summed E-state index contributed by atoms with van der Waals surface area (Å²) in [6, 6.07) is 0.906. The number of hydrogen-bond acceptors (Lipinski definition) is 3. The first-order valence-corrected chi connectivity index (χ1v) is 5.88. The number of pyridine rings is 1. The van der Waals surface area contributed by atoms with E-state index in [9.17, 15) is 9.18 Å². The number of carbonyl (C=O) groups excluding carboxylic acids is 1. The van der Waals surface area contributed by atoms with Gasteiger partial charge in [-0.15, -0.1) is 0 Å². The highest BCUT2D eigenvalue weighted by molar-refractivity contribution is 6.29. The van der Waals surface area contributed by atoms with Crippen LogP contribution in [-0.4, -0.2) is 16.7 Å². The van der Waals surface area contributed by atoms with Gasteiger partial charge in [0.2, 0.25) is 0 Å². The number of aromatic nitrogens is 1. The predicted octanol–water partition coefficient (Wildman–Crippen LogP) is 3.46. The quantitative estimate of drug-likeness (QED) is 0.840. The van der Waals surface area contributed by atoms with Crippen molar-refractivity contribution in [2.75, 3.05) is 0 Å². The van der Waals surface area contributed by atoms with E-state index in [0.717, 1.165) is 0 Å². The highest BCUT2D eigenvalue weighted by Crippen LogP contribution is 2.21. The van der Waals surface area contributed by atoms with Gasteiger partial charge in [-0.1, -0.05) is 11.6 Å². The number of carbonyl (C=O) groups is 1. The Hall–Kier alpha value is -1.36. The average Bonchev–Trinajstić information content (AvgIpc) is 2.18. The van der Waals surface area contributed by atoms with E-state index in [1.807, 2.05) is 0 Å². The summed E-state index contributed by atoms with van der Waals surface area (Å²) in [7, 11) is 0. The summed E-state index contributed by atoms with van der Waals surface area (Å²) in [6.45, 7) is 6.89. The lowest BCUT2D eigenvalue weighted by Crippen LogP contribution is -2.34. The monoisotopic (exact) mass is 274 g/mol. The smallest absolute Gasteiger partial charge is 0.408 e. The van der Waals surface area contributed by atoms with Gasteiger partial charge in [-0.25, -0.2) is 14.2 Å². The summed E-state index contributed by atoms with van der Waals surface area (Å²) in [5.41, 5.74) is -0.334. The zero-order valence-electron chi connectivity index (χ0n) is 10.8. The number of ether oxygens (including phenoxy) is 1. The van der Waals surface area contributed by atoms with E-state index in [0.29, 0.717) is 0 Å². The van der Waals surface area contributed by atoms with Gasteiger partial charge in [-0.2, -0.15) is 0 Å². The average molecular weight is 275 g/mol. The standard InChI is InChI=1S/C12H16ClFN2O2/c1-7(16-11(17)18-12(2,3)4)8-5-6-15-10(13)9(8)14/h5-7H,1-4H3,(H,16,17). The zero-order chi connectivity index (χ0) is 13.9. The fraction of sp³-hybridized carbons (Fsp3) is 0.500. The molecule has 1 amide bonds.